The molecule has 1 fully saturated rings. The molecule has 0 spiro atoms. The summed E-state index contributed by atoms with van der Waals surface area (Å²) >= 11 is 9.06. The zero-order valence-corrected chi connectivity index (χ0v) is 13.7. The summed E-state index contributed by atoms with van der Waals surface area (Å²) < 4.78 is 23.1. The van der Waals surface area contributed by atoms with E-state index in [2.05, 4.69) is 21.2 Å². The summed E-state index contributed by atoms with van der Waals surface area (Å²) in [5.74, 6) is 0.116. The zero-order valence-electron chi connectivity index (χ0n) is 10.5. The van der Waals surface area contributed by atoms with Gasteiger partial charge in [0.05, 0.1) is 15.5 Å². The van der Waals surface area contributed by atoms with Gasteiger partial charge >= 0.3 is 0 Å². The number of hydrogen-bond donors (Lipinski definition) is 2. The SMILES string of the molecule is NS(=O)(=O)c1cc(C(=O)NCC2CCC2)c(Cl)cc1Br. The van der Waals surface area contributed by atoms with Crippen LogP contribution in [-0.4, -0.2) is 20.9 Å². The van der Waals surface area contributed by atoms with Gasteiger partial charge in [-0.05, 0) is 46.8 Å². The minimum absolute atomic E-state index is 0.109. The fourth-order valence-electron chi connectivity index (χ4n) is 1.95. The van der Waals surface area contributed by atoms with E-state index in [0.29, 0.717) is 12.5 Å². The molecule has 1 amide bonds. The standard InChI is InChI=1S/C12H14BrClN2O3S/c13-9-5-10(14)8(4-11(9)20(15,18)19)12(17)16-6-7-2-1-3-7/h4-5,7H,1-3,6H2,(H,16,17)(H2,15,18,19). The van der Waals surface area contributed by atoms with Crippen molar-refractivity contribution in [3.63, 3.8) is 0 Å². The van der Waals surface area contributed by atoms with Crippen molar-refractivity contribution >= 4 is 43.5 Å². The summed E-state index contributed by atoms with van der Waals surface area (Å²) in [6.45, 7) is 0.579. The number of halogens is 2. The van der Waals surface area contributed by atoms with E-state index in [1.54, 1.807) is 0 Å². The summed E-state index contributed by atoms with van der Waals surface area (Å²) in [6.07, 6.45) is 3.41. The smallest absolute Gasteiger partial charge is 0.252 e. The second-order valence-electron chi connectivity index (χ2n) is 4.81. The Hall–Kier alpha value is -0.630. The topological polar surface area (TPSA) is 89.3 Å². The number of rotatable bonds is 4. The van der Waals surface area contributed by atoms with E-state index in [1.807, 2.05) is 0 Å². The summed E-state index contributed by atoms with van der Waals surface area (Å²) in [5, 5.41) is 8.04. The van der Waals surface area contributed by atoms with Crippen molar-refractivity contribution in [1.29, 1.82) is 0 Å². The van der Waals surface area contributed by atoms with Gasteiger partial charge in [-0.25, -0.2) is 13.6 Å². The highest BCUT2D eigenvalue weighted by Gasteiger charge is 2.22. The molecule has 2 rings (SSSR count). The van der Waals surface area contributed by atoms with E-state index >= 15 is 0 Å². The number of primary sulfonamides is 1. The fourth-order valence-corrected chi connectivity index (χ4v) is 3.96. The van der Waals surface area contributed by atoms with Gasteiger partial charge in [0.15, 0.2) is 0 Å². The van der Waals surface area contributed by atoms with Crippen LogP contribution in [-0.2, 0) is 10.0 Å². The van der Waals surface area contributed by atoms with Gasteiger partial charge in [-0.3, -0.25) is 4.79 Å². The summed E-state index contributed by atoms with van der Waals surface area (Å²) in [6, 6.07) is 2.55. The molecule has 1 aliphatic rings. The molecule has 0 radical (unpaired) electrons. The Balaban J connectivity index is 2.23. The zero-order chi connectivity index (χ0) is 14.9. The van der Waals surface area contributed by atoms with Crippen LogP contribution in [0.5, 0.6) is 0 Å². The molecule has 0 aromatic heterocycles. The maximum atomic E-state index is 12.1. The van der Waals surface area contributed by atoms with Gasteiger partial charge < -0.3 is 5.32 Å². The minimum atomic E-state index is -3.92. The number of hydrogen-bond acceptors (Lipinski definition) is 3. The predicted molar refractivity (Wildman–Crippen MR) is 80.2 cm³/mol. The predicted octanol–water partition coefficient (Wildman–Crippen LogP) is 2.28. The number of sulfonamides is 1. The highest BCUT2D eigenvalue weighted by Crippen LogP contribution is 2.29. The Kier molecular flexibility index (Phi) is 4.73. The van der Waals surface area contributed by atoms with Gasteiger partial charge in [0.1, 0.15) is 0 Å². The van der Waals surface area contributed by atoms with Crippen LogP contribution in [0, 0.1) is 5.92 Å². The normalized spacial score (nSPS) is 15.8. The van der Waals surface area contributed by atoms with Crippen molar-refractivity contribution < 1.29 is 13.2 Å². The molecule has 0 atom stereocenters. The molecule has 1 aliphatic carbocycles. The average molecular weight is 382 g/mol. The third-order valence-corrected chi connectivity index (χ3v) is 5.53. The van der Waals surface area contributed by atoms with Crippen LogP contribution in [0.2, 0.25) is 5.02 Å². The van der Waals surface area contributed by atoms with Crippen LogP contribution in [0.15, 0.2) is 21.5 Å². The van der Waals surface area contributed by atoms with E-state index in [4.69, 9.17) is 16.7 Å². The molecular formula is C12H14BrClN2O3S. The number of nitrogens with two attached hydrogens (primary N) is 1. The van der Waals surface area contributed by atoms with Gasteiger partial charge in [-0.15, -0.1) is 0 Å². The second-order valence-corrected chi connectivity index (χ2v) is 7.61. The molecule has 110 valence electrons. The first-order chi connectivity index (χ1) is 9.29. The van der Waals surface area contributed by atoms with Crippen LogP contribution in [0.3, 0.4) is 0 Å². The first-order valence-electron chi connectivity index (χ1n) is 6.09. The van der Waals surface area contributed by atoms with Crippen molar-refractivity contribution in [3.8, 4) is 0 Å². The van der Waals surface area contributed by atoms with Crippen molar-refractivity contribution in [3.05, 3.63) is 27.2 Å². The second kappa shape index (κ2) is 6.01. The van der Waals surface area contributed by atoms with Gasteiger partial charge in [0, 0.05) is 11.0 Å². The molecule has 1 aromatic carbocycles. The molecule has 0 aliphatic heterocycles. The number of carbonyl (C=O) groups excluding carboxylic acids is 1. The molecule has 1 saturated carbocycles. The van der Waals surface area contributed by atoms with Crippen LogP contribution in [0.1, 0.15) is 29.6 Å². The number of amides is 1. The third kappa shape index (κ3) is 3.52. The van der Waals surface area contributed by atoms with E-state index in [0.717, 1.165) is 12.8 Å². The highest BCUT2D eigenvalue weighted by molar-refractivity contribution is 9.10. The molecule has 5 nitrogen and oxygen atoms in total. The van der Waals surface area contributed by atoms with Crippen molar-refractivity contribution in [2.24, 2.45) is 11.1 Å². The molecule has 0 unspecified atom stereocenters. The largest absolute Gasteiger partial charge is 0.352 e. The van der Waals surface area contributed by atoms with E-state index < -0.39 is 10.0 Å². The Bertz CT molecular complexity index is 644. The molecule has 3 N–H and O–H groups in total. The first kappa shape index (κ1) is 15.8. The number of nitrogens with one attached hydrogen (secondary N) is 1. The maximum absolute atomic E-state index is 12.1. The van der Waals surface area contributed by atoms with Crippen molar-refractivity contribution in [2.45, 2.75) is 24.2 Å². The number of benzene rings is 1. The lowest BCUT2D eigenvalue weighted by Crippen LogP contribution is -2.32. The molecule has 0 heterocycles. The molecule has 0 bridgehead atoms. The minimum Gasteiger partial charge on any atom is -0.352 e. The van der Waals surface area contributed by atoms with Crippen LogP contribution in [0.25, 0.3) is 0 Å². The summed E-state index contributed by atoms with van der Waals surface area (Å²) in [5.41, 5.74) is 0.109. The van der Waals surface area contributed by atoms with Crippen LogP contribution in [0.4, 0.5) is 0 Å². The van der Waals surface area contributed by atoms with E-state index in [-0.39, 0.29) is 25.9 Å². The molecular weight excluding hydrogens is 368 g/mol. The van der Waals surface area contributed by atoms with Crippen molar-refractivity contribution in [2.75, 3.05) is 6.54 Å². The Labute approximate surface area is 131 Å². The molecule has 0 saturated heterocycles. The van der Waals surface area contributed by atoms with E-state index in [9.17, 15) is 13.2 Å². The first-order valence-corrected chi connectivity index (χ1v) is 8.81. The highest BCUT2D eigenvalue weighted by atomic mass is 79.9. The van der Waals surface area contributed by atoms with Crippen LogP contribution < -0.4 is 10.5 Å². The summed E-state index contributed by atoms with van der Waals surface area (Å²) in [7, 11) is -3.92. The van der Waals surface area contributed by atoms with Gasteiger partial charge in [0.2, 0.25) is 10.0 Å². The van der Waals surface area contributed by atoms with Gasteiger partial charge in [-0.1, -0.05) is 18.0 Å². The fraction of sp³-hybridized carbons (Fsp3) is 0.417. The lowest BCUT2D eigenvalue weighted by atomic mass is 9.85. The molecule has 1 aromatic rings. The Morgan fingerprint density at radius 1 is 1.45 bits per heavy atom. The Morgan fingerprint density at radius 2 is 2.10 bits per heavy atom. The van der Waals surface area contributed by atoms with Crippen molar-refractivity contribution in [1.82, 2.24) is 5.32 Å². The lowest BCUT2D eigenvalue weighted by molar-refractivity contribution is 0.0939. The average Bonchev–Trinajstić information content (AvgIpc) is 2.24. The molecule has 20 heavy (non-hydrogen) atoms. The lowest BCUT2D eigenvalue weighted by Gasteiger charge is -2.25. The van der Waals surface area contributed by atoms with Crippen LogP contribution >= 0.6 is 27.5 Å². The monoisotopic (exact) mass is 380 g/mol. The Morgan fingerprint density at radius 3 is 2.60 bits per heavy atom. The summed E-state index contributed by atoms with van der Waals surface area (Å²) in [4.78, 5) is 11.9. The molecule has 8 heteroatoms. The maximum Gasteiger partial charge on any atom is 0.252 e. The van der Waals surface area contributed by atoms with Gasteiger partial charge in [0.25, 0.3) is 5.91 Å². The number of carbonyl (C=O) groups is 1. The van der Waals surface area contributed by atoms with Gasteiger partial charge in [-0.2, -0.15) is 0 Å². The third-order valence-electron chi connectivity index (χ3n) is 3.35. The van der Waals surface area contributed by atoms with E-state index in [1.165, 1.54) is 18.6 Å². The quantitative estimate of drug-likeness (QED) is 0.838.